The molecule has 0 bridgehead atoms. The fourth-order valence-electron chi connectivity index (χ4n) is 3.43. The van der Waals surface area contributed by atoms with Gasteiger partial charge in [-0.15, -0.1) is 0 Å². The van der Waals surface area contributed by atoms with Crippen LogP contribution in [-0.2, 0) is 6.42 Å². The molecule has 0 aliphatic carbocycles. The lowest BCUT2D eigenvalue weighted by Crippen LogP contribution is -2.31. The number of aryl methyl sites for hydroxylation is 1. The number of benzene rings is 1. The highest BCUT2D eigenvalue weighted by Crippen LogP contribution is 2.28. The molecular formula is C19H31ClN2. The van der Waals surface area contributed by atoms with Gasteiger partial charge >= 0.3 is 0 Å². The van der Waals surface area contributed by atoms with Crippen LogP contribution in [0.25, 0.3) is 0 Å². The summed E-state index contributed by atoms with van der Waals surface area (Å²) in [5.41, 5.74) is 2.78. The molecule has 0 spiro atoms. The van der Waals surface area contributed by atoms with Crippen molar-refractivity contribution in [2.24, 2.45) is 0 Å². The van der Waals surface area contributed by atoms with Gasteiger partial charge in [-0.2, -0.15) is 0 Å². The molecule has 2 nitrogen and oxygen atoms in total. The van der Waals surface area contributed by atoms with E-state index in [1.807, 2.05) is 7.05 Å². The molecule has 0 radical (unpaired) electrons. The smallest absolute Gasteiger partial charge is 0.0411 e. The number of halogens is 1. The second-order valence-corrected chi connectivity index (χ2v) is 6.96. The predicted octanol–water partition coefficient (Wildman–Crippen LogP) is 4.47. The van der Waals surface area contributed by atoms with Crippen LogP contribution in [0.15, 0.2) is 18.2 Å². The van der Waals surface area contributed by atoms with E-state index in [-0.39, 0.29) is 0 Å². The molecule has 3 heteroatoms. The normalized spacial score (nSPS) is 17.6. The minimum atomic E-state index is 0.610. The Hall–Kier alpha value is -0.570. The van der Waals surface area contributed by atoms with Crippen LogP contribution in [-0.4, -0.2) is 38.1 Å². The monoisotopic (exact) mass is 322 g/mol. The molecule has 1 aliphatic heterocycles. The highest BCUT2D eigenvalue weighted by atomic mass is 35.5. The fraction of sp³-hybridized carbons (Fsp3) is 0.684. The van der Waals surface area contributed by atoms with Gasteiger partial charge in [-0.25, -0.2) is 0 Å². The summed E-state index contributed by atoms with van der Waals surface area (Å²) in [7, 11) is 2.04. The number of nitrogens with one attached hydrogen (secondary N) is 1. The molecule has 124 valence electrons. The third-order valence-electron chi connectivity index (χ3n) is 4.84. The van der Waals surface area contributed by atoms with Crippen LogP contribution in [0.5, 0.6) is 0 Å². The zero-order valence-electron chi connectivity index (χ0n) is 14.2. The molecule has 1 aliphatic rings. The summed E-state index contributed by atoms with van der Waals surface area (Å²) in [6.07, 6.45) is 7.64. The van der Waals surface area contributed by atoms with Gasteiger partial charge < -0.3 is 10.2 Å². The molecule has 0 saturated carbocycles. The van der Waals surface area contributed by atoms with E-state index in [1.165, 1.54) is 62.9 Å². The average Bonchev–Trinajstić information content (AvgIpc) is 2.55. The van der Waals surface area contributed by atoms with Gasteiger partial charge in [0.25, 0.3) is 0 Å². The molecule has 2 rings (SSSR count). The maximum atomic E-state index is 6.33. The molecule has 1 aromatic carbocycles. The Morgan fingerprint density at radius 1 is 1.14 bits per heavy atom. The first-order valence-electron chi connectivity index (χ1n) is 8.89. The third-order valence-corrected chi connectivity index (χ3v) is 5.06. The van der Waals surface area contributed by atoms with Crippen molar-refractivity contribution < 1.29 is 0 Å². The molecule has 0 unspecified atom stereocenters. The summed E-state index contributed by atoms with van der Waals surface area (Å²) in [4.78, 5) is 2.64. The van der Waals surface area contributed by atoms with Crippen molar-refractivity contribution in [2.75, 3.05) is 33.2 Å². The predicted molar refractivity (Wildman–Crippen MR) is 97.0 cm³/mol. The largest absolute Gasteiger partial charge is 0.320 e. The molecular weight excluding hydrogens is 292 g/mol. The third kappa shape index (κ3) is 5.57. The topological polar surface area (TPSA) is 15.3 Å². The van der Waals surface area contributed by atoms with Gasteiger partial charge in [-0.1, -0.05) is 31.0 Å². The van der Waals surface area contributed by atoms with Gasteiger partial charge in [0, 0.05) is 5.02 Å². The Bertz CT molecular complexity index is 441. The van der Waals surface area contributed by atoms with Crippen LogP contribution in [0.4, 0.5) is 0 Å². The van der Waals surface area contributed by atoms with Crippen LogP contribution in [0.3, 0.4) is 0 Å². The number of likely N-dealkylation sites (tertiary alicyclic amines) is 1. The minimum absolute atomic E-state index is 0.610. The van der Waals surface area contributed by atoms with Crippen LogP contribution in [0.2, 0.25) is 5.02 Å². The summed E-state index contributed by atoms with van der Waals surface area (Å²) < 4.78 is 0. The quantitative estimate of drug-likeness (QED) is 0.759. The number of nitrogens with zero attached hydrogens (tertiary/aromatic N) is 1. The van der Waals surface area contributed by atoms with Gasteiger partial charge in [-0.05, 0) is 94.5 Å². The second kappa shape index (κ2) is 9.54. The van der Waals surface area contributed by atoms with Crippen molar-refractivity contribution in [2.45, 2.75) is 51.4 Å². The van der Waals surface area contributed by atoms with Crippen molar-refractivity contribution in [3.8, 4) is 0 Å². The molecule has 1 heterocycles. The summed E-state index contributed by atoms with van der Waals surface area (Å²) in [6, 6.07) is 6.64. The van der Waals surface area contributed by atoms with E-state index < -0.39 is 0 Å². The zero-order chi connectivity index (χ0) is 15.8. The highest BCUT2D eigenvalue weighted by molar-refractivity contribution is 6.30. The Balaban J connectivity index is 2.02. The Morgan fingerprint density at radius 2 is 1.91 bits per heavy atom. The van der Waals surface area contributed by atoms with Gasteiger partial charge in [0.15, 0.2) is 0 Å². The summed E-state index contributed by atoms with van der Waals surface area (Å²) in [5.74, 6) is 0.610. The summed E-state index contributed by atoms with van der Waals surface area (Å²) >= 11 is 6.33. The van der Waals surface area contributed by atoms with Crippen LogP contribution >= 0.6 is 11.6 Å². The van der Waals surface area contributed by atoms with E-state index in [0.717, 1.165) is 18.0 Å². The maximum absolute atomic E-state index is 6.33. The van der Waals surface area contributed by atoms with Crippen molar-refractivity contribution in [1.82, 2.24) is 10.2 Å². The van der Waals surface area contributed by atoms with Crippen molar-refractivity contribution in [1.29, 1.82) is 0 Å². The van der Waals surface area contributed by atoms with E-state index in [4.69, 9.17) is 11.6 Å². The average molecular weight is 323 g/mol. The van der Waals surface area contributed by atoms with E-state index in [1.54, 1.807) is 0 Å². The molecule has 1 aromatic rings. The first-order chi connectivity index (χ1) is 10.7. The van der Waals surface area contributed by atoms with E-state index in [9.17, 15) is 0 Å². The number of hydrogen-bond acceptors (Lipinski definition) is 2. The second-order valence-electron chi connectivity index (χ2n) is 6.53. The van der Waals surface area contributed by atoms with E-state index in [0.29, 0.717) is 5.92 Å². The SMILES string of the molecule is CCc1cc(Cl)cc([C@H](CCNC)CCN2CCCCC2)c1. The first kappa shape index (κ1) is 17.8. The van der Waals surface area contributed by atoms with Crippen molar-refractivity contribution in [3.05, 3.63) is 34.3 Å². The molecule has 22 heavy (non-hydrogen) atoms. The lowest BCUT2D eigenvalue weighted by molar-refractivity contribution is 0.220. The standard InChI is InChI=1S/C19H31ClN2/c1-3-16-13-18(15-19(20)14-16)17(7-9-21-2)8-12-22-10-5-4-6-11-22/h13-15,17,21H,3-12H2,1-2H3/t17-/m1/s1. The molecule has 1 N–H and O–H groups in total. The van der Waals surface area contributed by atoms with E-state index >= 15 is 0 Å². The lowest BCUT2D eigenvalue weighted by Gasteiger charge is -2.28. The lowest BCUT2D eigenvalue weighted by atomic mass is 9.90. The Morgan fingerprint density at radius 3 is 2.59 bits per heavy atom. The molecule has 1 atom stereocenters. The van der Waals surface area contributed by atoms with Gasteiger partial charge in [0.2, 0.25) is 0 Å². The molecule has 1 fully saturated rings. The Kier molecular flexibility index (Phi) is 7.71. The molecule has 0 amide bonds. The molecule has 0 aromatic heterocycles. The van der Waals surface area contributed by atoms with Crippen LogP contribution in [0, 0.1) is 0 Å². The maximum Gasteiger partial charge on any atom is 0.0411 e. The zero-order valence-corrected chi connectivity index (χ0v) is 15.0. The number of rotatable bonds is 8. The number of piperidine rings is 1. The summed E-state index contributed by atoms with van der Waals surface area (Å²) in [6.45, 7) is 7.07. The van der Waals surface area contributed by atoms with Crippen LogP contribution in [0.1, 0.15) is 56.1 Å². The van der Waals surface area contributed by atoms with Crippen LogP contribution < -0.4 is 5.32 Å². The van der Waals surface area contributed by atoms with E-state index in [2.05, 4.69) is 35.3 Å². The van der Waals surface area contributed by atoms with Gasteiger partial charge in [-0.3, -0.25) is 0 Å². The summed E-state index contributed by atoms with van der Waals surface area (Å²) in [5, 5.41) is 4.19. The minimum Gasteiger partial charge on any atom is -0.320 e. The highest BCUT2D eigenvalue weighted by Gasteiger charge is 2.16. The van der Waals surface area contributed by atoms with Crippen molar-refractivity contribution in [3.63, 3.8) is 0 Å². The van der Waals surface area contributed by atoms with Gasteiger partial charge in [0.05, 0.1) is 0 Å². The Labute approximate surface area is 141 Å². The first-order valence-corrected chi connectivity index (χ1v) is 9.27. The van der Waals surface area contributed by atoms with Crippen molar-refractivity contribution >= 4 is 11.6 Å². The number of hydrogen-bond donors (Lipinski definition) is 1. The molecule has 1 saturated heterocycles. The fourth-order valence-corrected chi connectivity index (χ4v) is 3.70. The van der Waals surface area contributed by atoms with Gasteiger partial charge in [0.1, 0.15) is 0 Å².